The molecule has 0 saturated heterocycles. The van der Waals surface area contributed by atoms with E-state index in [1.807, 2.05) is 6.92 Å². The fraction of sp³-hybridized carbons (Fsp3) is 0.364. The number of aliphatic hydroxyl groups is 1. The minimum atomic E-state index is -0.984. The van der Waals surface area contributed by atoms with Crippen LogP contribution >= 0.6 is 0 Å². The van der Waals surface area contributed by atoms with Crippen molar-refractivity contribution in [1.82, 2.24) is 0 Å². The number of carboxylic acids is 1. The Balaban J connectivity index is 2.85. The Hall–Kier alpha value is -1.71. The quantitative estimate of drug-likeness (QED) is 0.699. The first-order chi connectivity index (χ1) is 6.97. The molecule has 0 aromatic heterocycles. The maximum atomic E-state index is 10.4. The Bertz CT molecular complexity index is 352. The molecule has 1 aliphatic carbocycles. The monoisotopic (exact) mass is 210 g/mol. The molecule has 0 aromatic rings. The lowest BCUT2D eigenvalue weighted by molar-refractivity contribution is -0.131. The summed E-state index contributed by atoms with van der Waals surface area (Å²) in [5, 5.41) is 17.9. The highest BCUT2D eigenvalue weighted by Crippen LogP contribution is 2.34. The van der Waals surface area contributed by atoms with E-state index in [0.717, 1.165) is 6.08 Å². The van der Waals surface area contributed by atoms with Gasteiger partial charge in [-0.1, -0.05) is 19.1 Å². The lowest BCUT2D eigenvalue weighted by Crippen LogP contribution is -2.16. The number of rotatable bonds is 3. The van der Waals surface area contributed by atoms with Crippen molar-refractivity contribution >= 4 is 5.97 Å². The molecular weight excluding hydrogens is 196 g/mol. The number of aliphatic hydroxyl groups excluding tert-OH is 1. The summed E-state index contributed by atoms with van der Waals surface area (Å²) in [5.74, 6) is -0.420. The molecule has 0 saturated carbocycles. The van der Waals surface area contributed by atoms with E-state index in [1.54, 1.807) is 12.2 Å². The van der Waals surface area contributed by atoms with E-state index in [2.05, 4.69) is 0 Å². The summed E-state index contributed by atoms with van der Waals surface area (Å²) in [7, 11) is 1.48. The molecule has 1 aliphatic rings. The van der Waals surface area contributed by atoms with E-state index in [4.69, 9.17) is 9.84 Å². The number of methoxy groups -OCH3 is 1. The Kier molecular flexibility index (Phi) is 3.19. The maximum absolute atomic E-state index is 10.4. The van der Waals surface area contributed by atoms with E-state index in [1.165, 1.54) is 13.2 Å². The smallest absolute Gasteiger partial charge is 0.328 e. The van der Waals surface area contributed by atoms with Gasteiger partial charge in [0, 0.05) is 17.9 Å². The molecule has 1 rings (SSSR count). The topological polar surface area (TPSA) is 66.8 Å². The third-order valence-electron chi connectivity index (χ3n) is 2.30. The molecule has 1 atom stereocenters. The van der Waals surface area contributed by atoms with Crippen LogP contribution in [0.3, 0.4) is 0 Å². The lowest BCUT2D eigenvalue weighted by atomic mass is 9.82. The number of ether oxygens (including phenoxy) is 1. The SMILES string of the molecule is COC1=C(O)C=CC(C)(C=CC(=O)O)C1. The molecule has 15 heavy (non-hydrogen) atoms. The highest BCUT2D eigenvalue weighted by Gasteiger charge is 2.25. The van der Waals surface area contributed by atoms with Gasteiger partial charge >= 0.3 is 5.97 Å². The zero-order valence-electron chi connectivity index (χ0n) is 8.73. The van der Waals surface area contributed by atoms with Gasteiger partial charge in [-0.3, -0.25) is 0 Å². The number of carbonyl (C=O) groups is 1. The van der Waals surface area contributed by atoms with Crippen molar-refractivity contribution < 1.29 is 19.7 Å². The van der Waals surface area contributed by atoms with Crippen molar-refractivity contribution in [2.45, 2.75) is 13.3 Å². The third kappa shape index (κ3) is 2.87. The predicted octanol–water partition coefficient (Wildman–Crippen LogP) is 2.01. The summed E-state index contributed by atoms with van der Waals surface area (Å²) in [4.78, 5) is 10.4. The van der Waals surface area contributed by atoms with Gasteiger partial charge in [-0.05, 0) is 6.08 Å². The van der Waals surface area contributed by atoms with Gasteiger partial charge in [0.25, 0.3) is 0 Å². The van der Waals surface area contributed by atoms with Crippen molar-refractivity contribution in [2.75, 3.05) is 7.11 Å². The minimum Gasteiger partial charge on any atom is -0.504 e. The second-order valence-electron chi connectivity index (χ2n) is 3.70. The summed E-state index contributed by atoms with van der Waals surface area (Å²) in [5.41, 5.74) is -0.421. The molecule has 0 spiro atoms. The van der Waals surface area contributed by atoms with Crippen LogP contribution in [-0.2, 0) is 9.53 Å². The van der Waals surface area contributed by atoms with Gasteiger partial charge in [0.2, 0.25) is 0 Å². The van der Waals surface area contributed by atoms with Crippen LogP contribution < -0.4 is 0 Å². The molecule has 0 fully saturated rings. The van der Waals surface area contributed by atoms with Gasteiger partial charge in [0.1, 0.15) is 5.76 Å². The van der Waals surface area contributed by atoms with Crippen LogP contribution in [-0.4, -0.2) is 23.3 Å². The van der Waals surface area contributed by atoms with E-state index in [9.17, 15) is 9.90 Å². The molecule has 0 aromatic carbocycles. The summed E-state index contributed by atoms with van der Waals surface area (Å²) in [6, 6.07) is 0. The Morgan fingerprint density at radius 1 is 1.67 bits per heavy atom. The van der Waals surface area contributed by atoms with Crippen LogP contribution in [0.15, 0.2) is 35.8 Å². The molecular formula is C11H14O4. The van der Waals surface area contributed by atoms with Crippen molar-refractivity contribution in [3.05, 3.63) is 35.8 Å². The van der Waals surface area contributed by atoms with Crippen LogP contribution in [0.4, 0.5) is 0 Å². The van der Waals surface area contributed by atoms with E-state index < -0.39 is 11.4 Å². The van der Waals surface area contributed by atoms with Gasteiger partial charge in [-0.25, -0.2) is 4.79 Å². The molecule has 4 nitrogen and oxygen atoms in total. The van der Waals surface area contributed by atoms with Gasteiger partial charge in [0.05, 0.1) is 7.11 Å². The van der Waals surface area contributed by atoms with Crippen LogP contribution in [0.25, 0.3) is 0 Å². The average molecular weight is 210 g/mol. The molecule has 1 unspecified atom stereocenters. The normalized spacial score (nSPS) is 26.0. The highest BCUT2D eigenvalue weighted by molar-refractivity contribution is 5.79. The standard InChI is InChI=1S/C11H14O4/c1-11(6-4-10(13)14)5-3-8(12)9(7-11)15-2/h3-6,12H,7H2,1-2H3,(H,13,14). The van der Waals surface area contributed by atoms with Crippen molar-refractivity contribution in [1.29, 1.82) is 0 Å². The predicted molar refractivity (Wildman–Crippen MR) is 55.3 cm³/mol. The summed E-state index contributed by atoms with van der Waals surface area (Å²) in [6.45, 7) is 1.87. The minimum absolute atomic E-state index is 0.0960. The molecule has 0 heterocycles. The molecule has 0 aliphatic heterocycles. The van der Waals surface area contributed by atoms with Crippen molar-refractivity contribution in [3.63, 3.8) is 0 Å². The van der Waals surface area contributed by atoms with Gasteiger partial charge < -0.3 is 14.9 Å². The number of aliphatic carboxylic acids is 1. The fourth-order valence-electron chi connectivity index (χ4n) is 1.41. The first-order valence-electron chi connectivity index (χ1n) is 4.54. The Morgan fingerprint density at radius 3 is 2.87 bits per heavy atom. The lowest BCUT2D eigenvalue weighted by Gasteiger charge is -2.26. The number of carboxylic acid groups (broad SMARTS) is 1. The van der Waals surface area contributed by atoms with Gasteiger partial charge in [-0.15, -0.1) is 0 Å². The van der Waals surface area contributed by atoms with E-state index >= 15 is 0 Å². The maximum Gasteiger partial charge on any atom is 0.328 e. The van der Waals surface area contributed by atoms with Crippen LogP contribution in [0.5, 0.6) is 0 Å². The van der Waals surface area contributed by atoms with Crippen LogP contribution in [0, 0.1) is 5.41 Å². The second kappa shape index (κ2) is 4.21. The number of hydrogen-bond acceptors (Lipinski definition) is 3. The van der Waals surface area contributed by atoms with Gasteiger partial charge in [-0.2, -0.15) is 0 Å². The fourth-order valence-corrected chi connectivity index (χ4v) is 1.41. The summed E-state index contributed by atoms with van der Waals surface area (Å²) in [6.07, 6.45) is 6.41. The highest BCUT2D eigenvalue weighted by atomic mass is 16.5. The third-order valence-corrected chi connectivity index (χ3v) is 2.30. The molecule has 82 valence electrons. The van der Waals surface area contributed by atoms with Crippen molar-refractivity contribution in [2.24, 2.45) is 5.41 Å². The second-order valence-corrected chi connectivity index (χ2v) is 3.70. The zero-order chi connectivity index (χ0) is 11.5. The van der Waals surface area contributed by atoms with Crippen LogP contribution in [0.1, 0.15) is 13.3 Å². The Labute approximate surface area is 88.2 Å². The first kappa shape index (κ1) is 11.4. The van der Waals surface area contributed by atoms with E-state index in [0.29, 0.717) is 12.2 Å². The zero-order valence-corrected chi connectivity index (χ0v) is 8.73. The number of allylic oxidation sites excluding steroid dienone is 4. The first-order valence-corrected chi connectivity index (χ1v) is 4.54. The number of hydrogen-bond donors (Lipinski definition) is 2. The largest absolute Gasteiger partial charge is 0.504 e. The molecule has 0 bridgehead atoms. The van der Waals surface area contributed by atoms with Crippen molar-refractivity contribution in [3.8, 4) is 0 Å². The summed E-state index contributed by atoms with van der Waals surface area (Å²) < 4.78 is 5.00. The molecule has 0 radical (unpaired) electrons. The van der Waals surface area contributed by atoms with E-state index in [-0.39, 0.29) is 5.76 Å². The molecule has 2 N–H and O–H groups in total. The average Bonchev–Trinajstić information content (AvgIpc) is 2.19. The Morgan fingerprint density at radius 2 is 2.33 bits per heavy atom. The molecule has 4 heteroatoms. The molecule has 0 amide bonds. The summed E-state index contributed by atoms with van der Waals surface area (Å²) >= 11 is 0. The van der Waals surface area contributed by atoms with Crippen LogP contribution in [0.2, 0.25) is 0 Å². The van der Waals surface area contributed by atoms with Gasteiger partial charge in [0.15, 0.2) is 5.76 Å².